The Balaban J connectivity index is -0.0000000636. The summed E-state index contributed by atoms with van der Waals surface area (Å²) in [5.41, 5.74) is 0. The Hall–Kier alpha value is -0.540. The summed E-state index contributed by atoms with van der Waals surface area (Å²) < 4.78 is 0. The van der Waals surface area contributed by atoms with Crippen LogP contribution in [0, 0.1) is 10.8 Å². The topological polar surface area (TPSA) is 260 Å². The highest BCUT2D eigenvalue weighted by molar-refractivity contribution is 6.25. The predicted molar refractivity (Wildman–Crippen MR) is 137 cm³/mol. The van der Waals surface area contributed by atoms with Crippen molar-refractivity contribution in [3.05, 3.63) is 0 Å². The lowest BCUT2D eigenvalue weighted by molar-refractivity contribution is -0.345. The number of halogens is 6. The Labute approximate surface area is 229 Å². The van der Waals surface area contributed by atoms with Crippen molar-refractivity contribution in [1.29, 1.82) is 10.8 Å². The molecule has 0 saturated heterocycles. The summed E-state index contributed by atoms with van der Waals surface area (Å²) in [6, 6.07) is 0. The van der Waals surface area contributed by atoms with Gasteiger partial charge >= 0.3 is 0 Å². The second kappa shape index (κ2) is 37.0. The Bertz CT molecular complexity index is 444. The molecule has 0 aromatic rings. The molecule has 0 radical (unpaired) electrons. The number of nitrogens with zero attached hydrogens (tertiary/aromatic N) is 2. The van der Waals surface area contributed by atoms with Crippen LogP contribution in [0.15, 0.2) is 0 Å². The van der Waals surface area contributed by atoms with Gasteiger partial charge in [-0.05, 0) is 0 Å². The number of nitrogens with one attached hydrogen (secondary N) is 2. The lowest BCUT2D eigenvalue weighted by Gasteiger charge is -2.22. The maximum absolute atomic E-state index is 8.93. The SMILES string of the molecule is N=C(CCCl)N(CCCl)CCCl.N=C(CCCl)N(CCCl)CCCl.O.O.O.O.O=C([O-])C(=O)[O-]. The molecule has 0 atom stereocenters. The first-order valence-corrected chi connectivity index (χ1v) is 11.8. The second-order valence-corrected chi connectivity index (χ2v) is 7.34. The van der Waals surface area contributed by atoms with Crippen molar-refractivity contribution in [2.75, 3.05) is 61.5 Å². The van der Waals surface area contributed by atoms with Crippen LogP contribution in [-0.2, 0) is 9.59 Å². The smallest absolute Gasteiger partial charge is 0.0970 e. The first-order chi connectivity index (χ1) is 14.2. The lowest BCUT2D eigenvalue weighted by atomic mass is 10.3. The predicted octanol–water partition coefficient (Wildman–Crippen LogP) is -2.07. The van der Waals surface area contributed by atoms with Gasteiger partial charge in [0.15, 0.2) is 0 Å². The van der Waals surface area contributed by atoms with Gasteiger partial charge in [-0.2, -0.15) is 0 Å². The van der Waals surface area contributed by atoms with Crippen molar-refractivity contribution in [1.82, 2.24) is 9.80 Å². The molecular weight excluding hydrogens is 589 g/mol. The average molecular weight is 623 g/mol. The van der Waals surface area contributed by atoms with Gasteiger partial charge in [-0.15, -0.1) is 69.6 Å². The molecule has 0 fully saturated rings. The third-order valence-corrected chi connectivity index (χ3v) is 4.06. The van der Waals surface area contributed by atoms with E-state index in [1.54, 1.807) is 0 Å². The van der Waals surface area contributed by atoms with Crippen LogP contribution in [0.3, 0.4) is 0 Å². The van der Waals surface area contributed by atoms with Crippen LogP contribution in [-0.4, -0.2) is 117 Å². The molecule has 0 aliphatic heterocycles. The normalized spacial score (nSPS) is 8.29. The number of carbonyl (C=O) groups excluding carboxylic acids is 2. The zero-order chi connectivity index (χ0) is 23.9. The van der Waals surface area contributed by atoms with Crippen molar-refractivity contribution < 1.29 is 41.7 Å². The molecule has 0 aliphatic carbocycles. The van der Waals surface area contributed by atoms with Crippen LogP contribution in [0.2, 0.25) is 0 Å². The molecule has 0 rings (SSSR count). The maximum atomic E-state index is 8.93. The molecular formula is C16H34Cl6N4O8-2. The molecule has 0 aromatic heterocycles. The van der Waals surface area contributed by atoms with E-state index in [4.69, 9.17) is 100 Å². The number of carbonyl (C=O) groups is 2. The fraction of sp³-hybridized carbons (Fsp3) is 0.750. The van der Waals surface area contributed by atoms with Gasteiger partial charge in [0, 0.05) is 74.3 Å². The van der Waals surface area contributed by atoms with Crippen LogP contribution in [0.25, 0.3) is 0 Å². The van der Waals surface area contributed by atoms with Crippen molar-refractivity contribution in [2.45, 2.75) is 12.8 Å². The van der Waals surface area contributed by atoms with Crippen LogP contribution in [0.4, 0.5) is 0 Å². The highest BCUT2D eigenvalue weighted by Gasteiger charge is 2.07. The van der Waals surface area contributed by atoms with Gasteiger partial charge in [0.05, 0.1) is 23.6 Å². The van der Waals surface area contributed by atoms with Gasteiger partial charge in [0.25, 0.3) is 0 Å². The van der Waals surface area contributed by atoms with E-state index < -0.39 is 11.9 Å². The zero-order valence-electron chi connectivity index (χ0n) is 18.3. The van der Waals surface area contributed by atoms with Crippen LogP contribution < -0.4 is 10.2 Å². The molecule has 0 amide bonds. The van der Waals surface area contributed by atoms with E-state index in [-0.39, 0.29) is 21.9 Å². The molecule has 210 valence electrons. The van der Waals surface area contributed by atoms with Crippen LogP contribution in [0.5, 0.6) is 0 Å². The van der Waals surface area contributed by atoms with Crippen molar-refractivity contribution in [3.63, 3.8) is 0 Å². The fourth-order valence-corrected chi connectivity index (χ4v) is 2.84. The van der Waals surface area contributed by atoms with E-state index in [0.29, 0.717) is 86.0 Å². The molecule has 10 N–H and O–H groups in total. The molecule has 12 nitrogen and oxygen atoms in total. The lowest BCUT2D eigenvalue weighted by Crippen LogP contribution is -2.42. The van der Waals surface area contributed by atoms with Gasteiger partial charge < -0.3 is 51.5 Å². The van der Waals surface area contributed by atoms with Crippen LogP contribution >= 0.6 is 69.6 Å². The summed E-state index contributed by atoms with van der Waals surface area (Å²) >= 11 is 33.3. The molecule has 0 aliphatic rings. The van der Waals surface area contributed by atoms with Crippen molar-refractivity contribution >= 4 is 93.2 Å². The number of amidine groups is 2. The number of hydrogen-bond donors (Lipinski definition) is 2. The summed E-state index contributed by atoms with van der Waals surface area (Å²) in [5.74, 6) is -0.325. The van der Waals surface area contributed by atoms with E-state index in [0.717, 1.165) is 0 Å². The highest BCUT2D eigenvalue weighted by Crippen LogP contribution is 1.99. The Kier molecular flexibility index (Phi) is 54.8. The summed E-state index contributed by atoms with van der Waals surface area (Å²) in [4.78, 5) is 21.6. The third kappa shape index (κ3) is 33.6. The van der Waals surface area contributed by atoms with Gasteiger partial charge in [-0.1, -0.05) is 0 Å². The third-order valence-electron chi connectivity index (χ3n) is 3.01. The average Bonchev–Trinajstić information content (AvgIpc) is 2.69. The van der Waals surface area contributed by atoms with Gasteiger partial charge in [-0.3, -0.25) is 10.8 Å². The quantitative estimate of drug-likeness (QED) is 0.107. The second-order valence-electron chi connectivity index (χ2n) is 5.08. The number of rotatable bonds is 12. The summed E-state index contributed by atoms with van der Waals surface area (Å²) in [6.07, 6.45) is 1.16. The minimum atomic E-state index is -2.19. The van der Waals surface area contributed by atoms with Gasteiger partial charge in [0.1, 0.15) is 0 Å². The molecule has 0 aromatic carbocycles. The van der Waals surface area contributed by atoms with Gasteiger partial charge in [0.2, 0.25) is 0 Å². The molecule has 18 heteroatoms. The minimum absolute atomic E-state index is 0. The van der Waals surface area contributed by atoms with Crippen molar-refractivity contribution in [2.24, 2.45) is 0 Å². The molecule has 0 bridgehead atoms. The first kappa shape index (κ1) is 50.4. The van der Waals surface area contributed by atoms with E-state index in [1.165, 1.54) is 0 Å². The van der Waals surface area contributed by atoms with E-state index in [9.17, 15) is 0 Å². The van der Waals surface area contributed by atoms with E-state index >= 15 is 0 Å². The Morgan fingerprint density at radius 1 is 0.529 bits per heavy atom. The molecule has 34 heavy (non-hydrogen) atoms. The highest BCUT2D eigenvalue weighted by atomic mass is 35.5. The first-order valence-electron chi connectivity index (χ1n) is 8.59. The number of alkyl halides is 6. The minimum Gasteiger partial charge on any atom is -0.543 e. The molecule has 0 spiro atoms. The molecule has 0 unspecified atom stereocenters. The van der Waals surface area contributed by atoms with Crippen molar-refractivity contribution in [3.8, 4) is 0 Å². The number of aliphatic carboxylic acids is 2. The Morgan fingerprint density at radius 3 is 0.853 bits per heavy atom. The standard InChI is InChI=1S/2C7H13Cl3N2.C2H2O4.4H2O/c2*8-2-1-7(11)12(5-3-9)6-4-10;3-1(4)2(5)6;;;;/h2*11H,1-6H2;(H,3,4)(H,5,6);4*1H2/p-2. The monoisotopic (exact) mass is 620 g/mol. The largest absolute Gasteiger partial charge is 0.543 e. The maximum Gasteiger partial charge on any atom is 0.0970 e. The molecule has 0 heterocycles. The summed E-state index contributed by atoms with van der Waals surface area (Å²) in [7, 11) is 0. The van der Waals surface area contributed by atoms with E-state index in [2.05, 4.69) is 0 Å². The summed E-state index contributed by atoms with van der Waals surface area (Å²) in [6.45, 7) is 2.68. The summed E-state index contributed by atoms with van der Waals surface area (Å²) in [5, 5.41) is 33.0. The van der Waals surface area contributed by atoms with E-state index in [1.807, 2.05) is 9.80 Å². The Morgan fingerprint density at radius 2 is 0.735 bits per heavy atom. The van der Waals surface area contributed by atoms with Gasteiger partial charge in [-0.25, -0.2) is 0 Å². The fourth-order valence-electron chi connectivity index (χ4n) is 1.67. The molecule has 0 saturated carbocycles. The zero-order valence-corrected chi connectivity index (χ0v) is 22.8. The number of carboxylic acid groups (broad SMARTS) is 2. The number of carboxylic acids is 2. The number of hydrogen-bond acceptors (Lipinski definition) is 6. The van der Waals surface area contributed by atoms with Crippen LogP contribution in [0.1, 0.15) is 12.8 Å².